The lowest BCUT2D eigenvalue weighted by Gasteiger charge is -1.77. The van der Waals surface area contributed by atoms with E-state index in [0.29, 0.717) is 0 Å². The normalized spacial score (nSPS) is 7.90. The molecule has 0 saturated carbocycles. The number of rotatable bonds is 1. The van der Waals surface area contributed by atoms with E-state index in [1.54, 1.807) is 6.07 Å². The zero-order valence-corrected chi connectivity index (χ0v) is 4.85. The summed E-state index contributed by atoms with van der Waals surface area (Å²) in [5.41, 5.74) is 8.19. The van der Waals surface area contributed by atoms with Crippen molar-refractivity contribution in [1.29, 1.82) is 5.26 Å². The van der Waals surface area contributed by atoms with Crippen molar-refractivity contribution in [2.24, 2.45) is 5.11 Å². The molecule has 0 aliphatic rings. The molecule has 0 bridgehead atoms. The molecule has 1 aromatic rings. The van der Waals surface area contributed by atoms with Gasteiger partial charge in [0.15, 0.2) is 0 Å². The summed E-state index contributed by atoms with van der Waals surface area (Å²) in [5.74, 6) is 0.0396. The van der Waals surface area contributed by atoms with E-state index >= 15 is 0 Å². The van der Waals surface area contributed by atoms with E-state index in [1.165, 1.54) is 12.3 Å². The van der Waals surface area contributed by atoms with Gasteiger partial charge in [-0.25, -0.2) is 0 Å². The van der Waals surface area contributed by atoms with Crippen LogP contribution in [0.5, 0.6) is 0 Å². The molecule has 1 heterocycles. The fraction of sp³-hybridized carbons (Fsp3) is 0. The summed E-state index contributed by atoms with van der Waals surface area (Å²) < 4.78 is 4.64. The van der Waals surface area contributed by atoms with Crippen LogP contribution in [-0.4, -0.2) is 0 Å². The zero-order valence-electron chi connectivity index (χ0n) is 4.85. The molecule has 0 aromatic carbocycles. The van der Waals surface area contributed by atoms with Gasteiger partial charge in [-0.15, -0.1) is 0 Å². The lowest BCUT2D eigenvalue weighted by Crippen LogP contribution is -1.61. The van der Waals surface area contributed by atoms with Crippen LogP contribution in [-0.2, 0) is 0 Å². The highest BCUT2D eigenvalue weighted by atomic mass is 16.3. The maximum atomic E-state index is 8.31. The van der Waals surface area contributed by atoms with Gasteiger partial charge >= 0.3 is 0 Å². The van der Waals surface area contributed by atoms with Crippen molar-refractivity contribution in [2.75, 3.05) is 0 Å². The summed E-state index contributed by atoms with van der Waals surface area (Å²) in [7, 11) is 0. The van der Waals surface area contributed by atoms with E-state index in [2.05, 4.69) is 14.4 Å². The van der Waals surface area contributed by atoms with Gasteiger partial charge < -0.3 is 4.42 Å². The second kappa shape index (κ2) is 2.58. The Balaban J connectivity index is 3.16. The molecule has 5 nitrogen and oxygen atoms in total. The predicted molar refractivity (Wildman–Crippen MR) is 32.2 cm³/mol. The van der Waals surface area contributed by atoms with E-state index in [9.17, 15) is 0 Å². The molecule has 0 aliphatic heterocycles. The van der Waals surface area contributed by atoms with Crippen molar-refractivity contribution < 1.29 is 4.42 Å². The third-order valence-corrected chi connectivity index (χ3v) is 0.898. The fourth-order valence-electron chi connectivity index (χ4n) is 0.513. The lowest BCUT2D eigenvalue weighted by molar-refractivity contribution is 0.553. The molecule has 5 heteroatoms. The monoisotopic (exact) mass is 134 g/mol. The van der Waals surface area contributed by atoms with Gasteiger partial charge in [-0.3, -0.25) is 0 Å². The smallest absolute Gasteiger partial charge is 0.212 e. The Hall–Kier alpha value is -1.92. The predicted octanol–water partition coefficient (Wildman–Crippen LogP) is 2.09. The van der Waals surface area contributed by atoms with Crippen molar-refractivity contribution in [1.82, 2.24) is 0 Å². The van der Waals surface area contributed by atoms with Crippen LogP contribution in [0.2, 0.25) is 0 Å². The highest BCUT2D eigenvalue weighted by molar-refractivity contribution is 5.46. The molecule has 0 amide bonds. The SMILES string of the molecule is N#Cc1occc1N=[N+]=[N-]. The first-order valence-electron chi connectivity index (χ1n) is 2.41. The highest BCUT2D eigenvalue weighted by Gasteiger charge is 2.00. The molecular formula is C5H2N4O. The zero-order chi connectivity index (χ0) is 7.40. The number of nitriles is 1. The summed E-state index contributed by atoms with van der Waals surface area (Å²) in [6.45, 7) is 0. The highest BCUT2D eigenvalue weighted by Crippen LogP contribution is 2.18. The second-order valence-corrected chi connectivity index (χ2v) is 1.44. The van der Waals surface area contributed by atoms with Crippen LogP contribution in [0.1, 0.15) is 5.76 Å². The summed E-state index contributed by atoms with van der Waals surface area (Å²) in [4.78, 5) is 2.50. The van der Waals surface area contributed by atoms with Crippen LogP contribution in [0, 0.1) is 11.3 Å². The molecule has 0 fully saturated rings. The third kappa shape index (κ3) is 0.917. The molecule has 0 atom stereocenters. The minimum atomic E-state index is 0.0396. The van der Waals surface area contributed by atoms with Gasteiger partial charge in [0, 0.05) is 4.91 Å². The molecule has 10 heavy (non-hydrogen) atoms. The summed E-state index contributed by atoms with van der Waals surface area (Å²) in [6.07, 6.45) is 1.29. The molecule has 1 rings (SSSR count). The molecule has 0 N–H and O–H groups in total. The van der Waals surface area contributed by atoms with E-state index in [4.69, 9.17) is 10.8 Å². The minimum absolute atomic E-state index is 0.0396. The third-order valence-electron chi connectivity index (χ3n) is 0.898. The first-order valence-corrected chi connectivity index (χ1v) is 2.41. The molecule has 48 valence electrons. The van der Waals surface area contributed by atoms with Crippen molar-refractivity contribution in [3.63, 3.8) is 0 Å². The molecule has 0 saturated heterocycles. The topological polar surface area (TPSA) is 85.7 Å². The molecule has 0 spiro atoms. The Kier molecular flexibility index (Phi) is 1.60. The quantitative estimate of drug-likeness (QED) is 0.334. The number of hydrogen-bond donors (Lipinski definition) is 0. The lowest BCUT2D eigenvalue weighted by atomic mass is 10.4. The van der Waals surface area contributed by atoms with Crippen molar-refractivity contribution in [2.45, 2.75) is 0 Å². The molecule has 0 unspecified atom stereocenters. The van der Waals surface area contributed by atoms with E-state index in [0.717, 1.165) is 0 Å². The van der Waals surface area contributed by atoms with E-state index in [-0.39, 0.29) is 11.4 Å². The van der Waals surface area contributed by atoms with Gasteiger partial charge in [0.2, 0.25) is 5.76 Å². The van der Waals surface area contributed by atoms with Crippen molar-refractivity contribution in [3.8, 4) is 6.07 Å². The first-order chi connectivity index (χ1) is 4.88. The largest absolute Gasteiger partial charge is 0.453 e. The molecular weight excluding hydrogens is 132 g/mol. The maximum Gasteiger partial charge on any atom is 0.212 e. The molecule has 0 aliphatic carbocycles. The van der Waals surface area contributed by atoms with Gasteiger partial charge in [0.25, 0.3) is 0 Å². The van der Waals surface area contributed by atoms with Gasteiger partial charge in [-0.2, -0.15) is 5.26 Å². The Labute approximate surface area is 56.1 Å². The first kappa shape index (κ1) is 6.20. The van der Waals surface area contributed by atoms with Crippen LogP contribution in [0.4, 0.5) is 5.69 Å². The van der Waals surface area contributed by atoms with Gasteiger partial charge in [0.1, 0.15) is 6.07 Å². The Morgan fingerprint density at radius 3 is 3.20 bits per heavy atom. The Morgan fingerprint density at radius 1 is 1.80 bits per heavy atom. The van der Waals surface area contributed by atoms with Crippen LogP contribution in [0.3, 0.4) is 0 Å². The second-order valence-electron chi connectivity index (χ2n) is 1.44. The van der Waals surface area contributed by atoms with E-state index in [1.807, 2.05) is 0 Å². The van der Waals surface area contributed by atoms with Crippen molar-refractivity contribution in [3.05, 3.63) is 28.5 Å². The van der Waals surface area contributed by atoms with Crippen molar-refractivity contribution >= 4 is 5.69 Å². The van der Waals surface area contributed by atoms with Crippen LogP contribution < -0.4 is 0 Å². The summed E-state index contributed by atoms with van der Waals surface area (Å²) in [6, 6.07) is 3.16. The maximum absolute atomic E-state index is 8.31. The fourth-order valence-corrected chi connectivity index (χ4v) is 0.513. The van der Waals surface area contributed by atoms with Crippen LogP contribution in [0.15, 0.2) is 21.9 Å². The molecule has 0 radical (unpaired) electrons. The summed E-state index contributed by atoms with van der Waals surface area (Å²) in [5, 5.41) is 11.5. The van der Waals surface area contributed by atoms with E-state index < -0.39 is 0 Å². The van der Waals surface area contributed by atoms with Crippen LogP contribution >= 0.6 is 0 Å². The standard InChI is InChI=1S/C5H2N4O/c6-3-5-4(8-9-7)1-2-10-5/h1-2H. The Morgan fingerprint density at radius 2 is 2.60 bits per heavy atom. The minimum Gasteiger partial charge on any atom is -0.453 e. The van der Waals surface area contributed by atoms with Crippen LogP contribution in [0.25, 0.3) is 10.4 Å². The van der Waals surface area contributed by atoms with Gasteiger partial charge in [-0.05, 0) is 11.6 Å². The number of furan rings is 1. The number of hydrogen-bond acceptors (Lipinski definition) is 3. The summed E-state index contributed by atoms with van der Waals surface area (Å²) >= 11 is 0. The number of nitrogens with zero attached hydrogens (tertiary/aromatic N) is 4. The average molecular weight is 134 g/mol. The molecule has 1 aromatic heterocycles. The van der Waals surface area contributed by atoms with Gasteiger partial charge in [-0.1, -0.05) is 5.11 Å². The Bertz CT molecular complexity index is 315. The van der Waals surface area contributed by atoms with Gasteiger partial charge in [0.05, 0.1) is 12.0 Å². The average Bonchev–Trinajstić information content (AvgIpc) is 2.36. The number of azide groups is 1.